The molecule has 2 aromatic rings. The summed E-state index contributed by atoms with van der Waals surface area (Å²) in [5.74, 6) is -0.750. The summed E-state index contributed by atoms with van der Waals surface area (Å²) >= 11 is 11.5. The van der Waals surface area contributed by atoms with Crippen LogP contribution in [0.15, 0.2) is 29.6 Å². The molecule has 0 bridgehead atoms. The van der Waals surface area contributed by atoms with Gasteiger partial charge in [-0.3, -0.25) is 4.72 Å². The van der Waals surface area contributed by atoms with Crippen molar-refractivity contribution in [2.45, 2.75) is 5.03 Å². The Balaban J connectivity index is 2.42. The molecule has 0 atom stereocenters. The molecule has 0 saturated carbocycles. The second-order valence-corrected chi connectivity index (χ2v) is 6.07. The van der Waals surface area contributed by atoms with Gasteiger partial charge >= 0.3 is 0 Å². The molecule has 9 heteroatoms. The number of hydrogen-bond donors (Lipinski definition) is 1. The third-order valence-electron chi connectivity index (χ3n) is 2.26. The number of sulfonamides is 1. The summed E-state index contributed by atoms with van der Waals surface area (Å²) in [5.41, 5.74) is -0.269. The van der Waals surface area contributed by atoms with Crippen molar-refractivity contribution in [1.29, 1.82) is 0 Å². The molecule has 0 amide bonds. The molecule has 19 heavy (non-hydrogen) atoms. The van der Waals surface area contributed by atoms with Gasteiger partial charge in [0.1, 0.15) is 11.0 Å². The molecular formula is C10H8Cl2FN3O2S. The van der Waals surface area contributed by atoms with Crippen LogP contribution in [0.2, 0.25) is 10.2 Å². The summed E-state index contributed by atoms with van der Waals surface area (Å²) in [6.07, 6.45) is 1.24. The standard InChI is InChI=1S/C10H8Cl2FN3O2S/c1-16-5-14-10(9(16)12)19(17,18)15-8-4-6(11)2-3-7(8)13/h2-5,15H,1H3. The summed E-state index contributed by atoms with van der Waals surface area (Å²) in [4.78, 5) is 3.66. The Morgan fingerprint density at radius 3 is 2.63 bits per heavy atom. The van der Waals surface area contributed by atoms with E-state index in [0.29, 0.717) is 0 Å². The predicted octanol–water partition coefficient (Wildman–Crippen LogP) is 2.67. The smallest absolute Gasteiger partial charge is 0.282 e. The molecule has 2 rings (SSSR count). The fraction of sp³-hybridized carbons (Fsp3) is 0.100. The third kappa shape index (κ3) is 2.83. The first-order valence-electron chi connectivity index (χ1n) is 4.96. The number of aromatic nitrogens is 2. The van der Waals surface area contributed by atoms with Crippen LogP contribution in [0, 0.1) is 5.82 Å². The Bertz CT molecular complexity index is 730. The van der Waals surface area contributed by atoms with Crippen LogP contribution in [-0.4, -0.2) is 18.0 Å². The van der Waals surface area contributed by atoms with Crippen LogP contribution in [0.4, 0.5) is 10.1 Å². The van der Waals surface area contributed by atoms with Crippen molar-refractivity contribution in [3.05, 3.63) is 40.5 Å². The van der Waals surface area contributed by atoms with E-state index in [1.165, 1.54) is 24.0 Å². The Morgan fingerprint density at radius 2 is 2.05 bits per heavy atom. The van der Waals surface area contributed by atoms with Gasteiger partial charge < -0.3 is 4.57 Å². The molecule has 0 radical (unpaired) electrons. The molecule has 0 saturated heterocycles. The fourth-order valence-electron chi connectivity index (χ4n) is 1.34. The van der Waals surface area contributed by atoms with Crippen molar-refractivity contribution in [3.63, 3.8) is 0 Å². The molecule has 1 N–H and O–H groups in total. The normalized spacial score (nSPS) is 11.6. The first-order chi connectivity index (χ1) is 8.81. The maximum atomic E-state index is 13.5. The zero-order valence-corrected chi connectivity index (χ0v) is 11.9. The van der Waals surface area contributed by atoms with Crippen LogP contribution in [-0.2, 0) is 17.1 Å². The highest BCUT2D eigenvalue weighted by atomic mass is 35.5. The molecule has 0 fully saturated rings. The number of benzene rings is 1. The molecule has 0 aliphatic heterocycles. The van der Waals surface area contributed by atoms with Crippen molar-refractivity contribution >= 4 is 38.9 Å². The minimum atomic E-state index is -4.07. The average Bonchev–Trinajstić information content (AvgIpc) is 2.65. The van der Waals surface area contributed by atoms with Crippen molar-refractivity contribution < 1.29 is 12.8 Å². The molecule has 0 aliphatic carbocycles. The topological polar surface area (TPSA) is 64.0 Å². The quantitative estimate of drug-likeness (QED) is 0.944. The minimum absolute atomic E-state index is 0.0741. The number of nitrogens with one attached hydrogen (secondary N) is 1. The van der Waals surface area contributed by atoms with Gasteiger partial charge in [-0.15, -0.1) is 0 Å². The van der Waals surface area contributed by atoms with Gasteiger partial charge in [0.15, 0.2) is 0 Å². The van der Waals surface area contributed by atoms with Gasteiger partial charge in [-0.25, -0.2) is 9.37 Å². The summed E-state index contributed by atoms with van der Waals surface area (Å²) in [5, 5.41) is -0.253. The second kappa shape index (κ2) is 4.99. The second-order valence-electron chi connectivity index (χ2n) is 3.68. The number of halogens is 3. The van der Waals surface area contributed by atoms with Gasteiger partial charge in [-0.1, -0.05) is 23.2 Å². The predicted molar refractivity (Wildman–Crippen MR) is 70.4 cm³/mol. The largest absolute Gasteiger partial charge is 0.324 e. The zero-order chi connectivity index (χ0) is 14.2. The molecule has 1 aromatic heterocycles. The Hall–Kier alpha value is -1.31. The highest BCUT2D eigenvalue weighted by molar-refractivity contribution is 7.92. The Labute approximate surface area is 119 Å². The molecular weight excluding hydrogens is 316 g/mol. The monoisotopic (exact) mass is 323 g/mol. The van der Waals surface area contributed by atoms with Crippen LogP contribution in [0.3, 0.4) is 0 Å². The van der Waals surface area contributed by atoms with Gasteiger partial charge in [0, 0.05) is 12.1 Å². The number of imidazole rings is 1. The molecule has 5 nitrogen and oxygen atoms in total. The number of aryl methyl sites for hydroxylation is 1. The van der Waals surface area contributed by atoms with E-state index in [4.69, 9.17) is 23.2 Å². The van der Waals surface area contributed by atoms with Crippen molar-refractivity contribution in [2.75, 3.05) is 4.72 Å². The van der Waals surface area contributed by atoms with Crippen molar-refractivity contribution in [2.24, 2.45) is 7.05 Å². The maximum Gasteiger partial charge on any atom is 0.282 e. The van der Waals surface area contributed by atoms with E-state index in [1.54, 1.807) is 0 Å². The van der Waals surface area contributed by atoms with E-state index in [0.717, 1.165) is 12.1 Å². The number of anilines is 1. The third-order valence-corrected chi connectivity index (χ3v) is 4.35. The van der Waals surface area contributed by atoms with Crippen LogP contribution in [0.1, 0.15) is 0 Å². The van der Waals surface area contributed by atoms with E-state index in [-0.39, 0.29) is 20.9 Å². The van der Waals surface area contributed by atoms with Gasteiger partial charge in [0.2, 0.25) is 5.03 Å². The lowest BCUT2D eigenvalue weighted by molar-refractivity contribution is 0.595. The molecule has 0 spiro atoms. The highest BCUT2D eigenvalue weighted by Crippen LogP contribution is 2.25. The van der Waals surface area contributed by atoms with Gasteiger partial charge in [0.05, 0.1) is 12.0 Å². The average molecular weight is 324 g/mol. The number of nitrogens with zero attached hydrogens (tertiary/aromatic N) is 2. The molecule has 1 heterocycles. The molecule has 102 valence electrons. The first-order valence-corrected chi connectivity index (χ1v) is 7.20. The Morgan fingerprint density at radius 1 is 1.37 bits per heavy atom. The van der Waals surface area contributed by atoms with E-state index >= 15 is 0 Å². The van der Waals surface area contributed by atoms with Gasteiger partial charge in [-0.2, -0.15) is 8.42 Å². The lowest BCUT2D eigenvalue weighted by atomic mass is 10.3. The van der Waals surface area contributed by atoms with Crippen molar-refractivity contribution in [1.82, 2.24) is 9.55 Å². The summed E-state index contributed by atoms with van der Waals surface area (Å²) in [6.45, 7) is 0. The first kappa shape index (κ1) is 14.1. The molecule has 0 aliphatic rings. The molecule has 1 aromatic carbocycles. The summed E-state index contributed by atoms with van der Waals surface area (Å²) < 4.78 is 40.9. The van der Waals surface area contributed by atoms with E-state index in [1.807, 2.05) is 0 Å². The number of hydrogen-bond acceptors (Lipinski definition) is 3. The summed E-state index contributed by atoms with van der Waals surface area (Å²) in [7, 11) is -2.54. The number of rotatable bonds is 3. The zero-order valence-electron chi connectivity index (χ0n) is 9.56. The van der Waals surface area contributed by atoms with Crippen LogP contribution < -0.4 is 4.72 Å². The van der Waals surface area contributed by atoms with Crippen LogP contribution in [0.5, 0.6) is 0 Å². The van der Waals surface area contributed by atoms with Gasteiger partial charge in [0.25, 0.3) is 10.0 Å². The van der Waals surface area contributed by atoms with E-state index in [9.17, 15) is 12.8 Å². The van der Waals surface area contributed by atoms with Crippen molar-refractivity contribution in [3.8, 4) is 0 Å². The lowest BCUT2D eigenvalue weighted by Gasteiger charge is -2.07. The van der Waals surface area contributed by atoms with Crippen LogP contribution >= 0.6 is 23.2 Å². The van der Waals surface area contributed by atoms with Crippen LogP contribution in [0.25, 0.3) is 0 Å². The molecule has 0 unspecified atom stereocenters. The maximum absolute atomic E-state index is 13.5. The fourth-order valence-corrected chi connectivity index (χ4v) is 3.01. The highest BCUT2D eigenvalue weighted by Gasteiger charge is 2.23. The van der Waals surface area contributed by atoms with Gasteiger partial charge in [-0.05, 0) is 18.2 Å². The van der Waals surface area contributed by atoms with E-state index < -0.39 is 15.8 Å². The lowest BCUT2D eigenvalue weighted by Crippen LogP contribution is -2.15. The Kier molecular flexibility index (Phi) is 3.71. The SMILES string of the molecule is Cn1cnc(S(=O)(=O)Nc2cc(Cl)ccc2F)c1Cl. The van der Waals surface area contributed by atoms with E-state index in [2.05, 4.69) is 9.71 Å². The summed E-state index contributed by atoms with van der Waals surface area (Å²) in [6, 6.07) is 3.52. The minimum Gasteiger partial charge on any atom is -0.324 e.